The first-order valence-electron chi connectivity index (χ1n) is 10.6. The Hall–Kier alpha value is -1.55. The fourth-order valence-electron chi connectivity index (χ4n) is 4.22. The standard InChI is InChI=1S/C20H33N5O3S/c1-3-24(4-2)29(27,28)25-15-13-22(14-16-25)20(26)19-10-6-8-12-23(19)17-18-9-5-7-11-21-18/h5,7,9,11,19H,3-4,6,8,10,12-17H2,1-2H3/t19-/m1/s1. The molecule has 0 aromatic carbocycles. The van der Waals surface area contributed by atoms with E-state index in [0.29, 0.717) is 45.8 Å². The van der Waals surface area contributed by atoms with Gasteiger partial charge in [-0.05, 0) is 31.5 Å². The maximum Gasteiger partial charge on any atom is 0.282 e. The molecule has 9 heteroatoms. The zero-order valence-corrected chi connectivity index (χ0v) is 18.4. The molecule has 2 saturated heterocycles. The second kappa shape index (κ2) is 9.97. The van der Waals surface area contributed by atoms with E-state index in [1.807, 2.05) is 36.9 Å². The predicted molar refractivity (Wildman–Crippen MR) is 112 cm³/mol. The van der Waals surface area contributed by atoms with Crippen LogP contribution in [-0.2, 0) is 21.5 Å². The van der Waals surface area contributed by atoms with E-state index in [4.69, 9.17) is 0 Å². The summed E-state index contributed by atoms with van der Waals surface area (Å²) < 4.78 is 28.4. The Labute approximate surface area is 174 Å². The number of carbonyl (C=O) groups is 1. The van der Waals surface area contributed by atoms with Crippen LogP contribution in [-0.4, -0.2) is 89.6 Å². The molecule has 1 aromatic heterocycles. The molecule has 0 unspecified atom stereocenters. The number of likely N-dealkylation sites (tertiary alicyclic amines) is 1. The van der Waals surface area contributed by atoms with Gasteiger partial charge in [-0.25, -0.2) is 0 Å². The van der Waals surface area contributed by atoms with Gasteiger partial charge >= 0.3 is 0 Å². The average Bonchev–Trinajstić information content (AvgIpc) is 2.75. The van der Waals surface area contributed by atoms with Gasteiger partial charge in [-0.2, -0.15) is 17.0 Å². The lowest BCUT2D eigenvalue weighted by Gasteiger charge is -2.41. The number of piperidine rings is 1. The van der Waals surface area contributed by atoms with Gasteiger partial charge in [-0.3, -0.25) is 14.7 Å². The highest BCUT2D eigenvalue weighted by molar-refractivity contribution is 7.86. The number of piperazine rings is 1. The molecule has 162 valence electrons. The van der Waals surface area contributed by atoms with Crippen LogP contribution in [0.1, 0.15) is 38.8 Å². The van der Waals surface area contributed by atoms with E-state index < -0.39 is 10.2 Å². The molecule has 2 aliphatic heterocycles. The lowest BCUT2D eigenvalue weighted by Crippen LogP contribution is -2.58. The van der Waals surface area contributed by atoms with Crippen molar-refractivity contribution in [3.05, 3.63) is 30.1 Å². The molecule has 8 nitrogen and oxygen atoms in total. The van der Waals surface area contributed by atoms with Crippen molar-refractivity contribution in [3.8, 4) is 0 Å². The van der Waals surface area contributed by atoms with Crippen LogP contribution >= 0.6 is 0 Å². The third kappa shape index (κ3) is 5.14. The van der Waals surface area contributed by atoms with Gasteiger partial charge < -0.3 is 4.90 Å². The summed E-state index contributed by atoms with van der Waals surface area (Å²) in [5, 5.41) is 0. The lowest BCUT2D eigenvalue weighted by molar-refractivity contribution is -0.139. The van der Waals surface area contributed by atoms with Crippen LogP contribution < -0.4 is 0 Å². The van der Waals surface area contributed by atoms with Crippen molar-refractivity contribution in [3.63, 3.8) is 0 Å². The van der Waals surface area contributed by atoms with Gasteiger partial charge in [0.05, 0.1) is 11.7 Å². The summed E-state index contributed by atoms with van der Waals surface area (Å²) in [6.45, 7) is 7.80. The third-order valence-corrected chi connectivity index (χ3v) is 8.08. The van der Waals surface area contributed by atoms with Gasteiger partial charge in [0.2, 0.25) is 5.91 Å². The minimum absolute atomic E-state index is 0.125. The van der Waals surface area contributed by atoms with E-state index in [1.165, 1.54) is 8.61 Å². The van der Waals surface area contributed by atoms with E-state index in [2.05, 4.69) is 9.88 Å². The Balaban J connectivity index is 1.61. The van der Waals surface area contributed by atoms with Crippen molar-refractivity contribution in [2.45, 2.75) is 45.7 Å². The second-order valence-corrected chi connectivity index (χ2v) is 9.55. The maximum absolute atomic E-state index is 13.2. The van der Waals surface area contributed by atoms with Crippen LogP contribution in [0.25, 0.3) is 0 Å². The minimum Gasteiger partial charge on any atom is -0.339 e. The number of nitrogens with zero attached hydrogens (tertiary/aromatic N) is 5. The van der Waals surface area contributed by atoms with Gasteiger partial charge in [0.15, 0.2) is 0 Å². The van der Waals surface area contributed by atoms with Crippen LogP contribution in [0.15, 0.2) is 24.4 Å². The summed E-state index contributed by atoms with van der Waals surface area (Å²) in [6, 6.07) is 5.72. The van der Waals surface area contributed by atoms with Gasteiger partial charge in [0.25, 0.3) is 10.2 Å². The summed E-state index contributed by atoms with van der Waals surface area (Å²) in [5.41, 5.74) is 0.974. The molecule has 0 radical (unpaired) electrons. The summed E-state index contributed by atoms with van der Waals surface area (Å²) in [6.07, 6.45) is 4.77. The minimum atomic E-state index is -3.44. The normalized spacial score (nSPS) is 22.2. The van der Waals surface area contributed by atoms with Crippen molar-refractivity contribution in [2.24, 2.45) is 0 Å². The topological polar surface area (TPSA) is 77.1 Å². The molecule has 1 amide bonds. The first-order valence-corrected chi connectivity index (χ1v) is 12.0. The van der Waals surface area contributed by atoms with Crippen LogP contribution in [0.3, 0.4) is 0 Å². The molecule has 1 aromatic rings. The van der Waals surface area contributed by atoms with Crippen molar-refractivity contribution >= 4 is 16.1 Å². The van der Waals surface area contributed by atoms with Crippen molar-refractivity contribution < 1.29 is 13.2 Å². The highest BCUT2D eigenvalue weighted by atomic mass is 32.2. The molecule has 0 spiro atoms. The molecular formula is C20H33N5O3S. The summed E-state index contributed by atoms with van der Waals surface area (Å²) in [4.78, 5) is 21.7. The van der Waals surface area contributed by atoms with Crippen molar-refractivity contribution in [1.29, 1.82) is 0 Å². The van der Waals surface area contributed by atoms with Crippen molar-refractivity contribution in [2.75, 3.05) is 45.8 Å². The number of hydrogen-bond donors (Lipinski definition) is 0. The van der Waals surface area contributed by atoms with E-state index >= 15 is 0 Å². The summed E-state index contributed by atoms with van der Waals surface area (Å²) >= 11 is 0. The monoisotopic (exact) mass is 423 g/mol. The quantitative estimate of drug-likeness (QED) is 0.658. The smallest absolute Gasteiger partial charge is 0.282 e. The Kier molecular flexibility index (Phi) is 7.61. The van der Waals surface area contributed by atoms with Gasteiger partial charge in [-0.1, -0.05) is 26.3 Å². The Morgan fingerprint density at radius 1 is 1.10 bits per heavy atom. The zero-order valence-electron chi connectivity index (χ0n) is 17.5. The van der Waals surface area contributed by atoms with E-state index in [0.717, 1.165) is 31.5 Å². The molecule has 0 saturated carbocycles. The first kappa shape index (κ1) is 22.1. The van der Waals surface area contributed by atoms with Gasteiger partial charge in [0, 0.05) is 52.0 Å². The lowest BCUT2D eigenvalue weighted by atomic mass is 10.00. The fourth-order valence-corrected chi connectivity index (χ4v) is 5.83. The molecule has 29 heavy (non-hydrogen) atoms. The molecule has 0 bridgehead atoms. The number of carbonyl (C=O) groups excluding carboxylic acids is 1. The molecule has 1 atom stereocenters. The summed E-state index contributed by atoms with van der Waals surface area (Å²) in [7, 11) is -3.44. The Bertz CT molecular complexity index is 762. The number of hydrogen-bond acceptors (Lipinski definition) is 5. The maximum atomic E-state index is 13.2. The summed E-state index contributed by atoms with van der Waals surface area (Å²) in [5.74, 6) is 0.125. The van der Waals surface area contributed by atoms with Crippen molar-refractivity contribution in [1.82, 2.24) is 23.4 Å². The highest BCUT2D eigenvalue weighted by Crippen LogP contribution is 2.22. The zero-order chi connectivity index (χ0) is 20.9. The second-order valence-electron chi connectivity index (χ2n) is 7.62. The fraction of sp³-hybridized carbons (Fsp3) is 0.700. The number of pyridine rings is 1. The molecule has 2 aliphatic rings. The molecular weight excluding hydrogens is 390 g/mol. The van der Waals surface area contributed by atoms with Crippen LogP contribution in [0.4, 0.5) is 0 Å². The Morgan fingerprint density at radius 3 is 2.45 bits per heavy atom. The van der Waals surface area contributed by atoms with Crippen LogP contribution in [0, 0.1) is 0 Å². The average molecular weight is 424 g/mol. The van der Waals surface area contributed by atoms with Gasteiger partial charge in [-0.15, -0.1) is 0 Å². The van der Waals surface area contributed by atoms with Crippen LogP contribution in [0.5, 0.6) is 0 Å². The first-order chi connectivity index (χ1) is 14.0. The SMILES string of the molecule is CCN(CC)S(=O)(=O)N1CCN(C(=O)[C@H]2CCCCN2Cc2ccccn2)CC1. The van der Waals surface area contributed by atoms with Crippen LogP contribution in [0.2, 0.25) is 0 Å². The van der Waals surface area contributed by atoms with Gasteiger partial charge in [0.1, 0.15) is 0 Å². The molecule has 0 N–H and O–H groups in total. The largest absolute Gasteiger partial charge is 0.339 e. The molecule has 3 heterocycles. The van der Waals surface area contributed by atoms with E-state index in [1.54, 1.807) is 6.20 Å². The van der Waals surface area contributed by atoms with E-state index in [-0.39, 0.29) is 11.9 Å². The predicted octanol–water partition coefficient (Wildman–Crippen LogP) is 1.17. The number of amides is 1. The molecule has 0 aliphatic carbocycles. The molecule has 2 fully saturated rings. The number of rotatable bonds is 7. The Morgan fingerprint density at radius 2 is 1.83 bits per heavy atom. The van der Waals surface area contributed by atoms with E-state index in [9.17, 15) is 13.2 Å². The molecule has 3 rings (SSSR count). The third-order valence-electron chi connectivity index (χ3n) is 5.90. The number of aromatic nitrogens is 1. The highest BCUT2D eigenvalue weighted by Gasteiger charge is 2.36.